The van der Waals surface area contributed by atoms with Crippen LogP contribution in [-0.2, 0) is 0 Å². The highest BCUT2D eigenvalue weighted by Crippen LogP contribution is 2.08. The summed E-state index contributed by atoms with van der Waals surface area (Å²) in [5.41, 5.74) is 1.09. The Bertz CT molecular complexity index is 224. The Morgan fingerprint density at radius 3 is 2.60 bits per heavy atom. The first-order chi connectivity index (χ1) is 7.11. The van der Waals surface area contributed by atoms with Crippen LogP contribution in [0.3, 0.4) is 0 Å². The van der Waals surface area contributed by atoms with E-state index in [1.54, 1.807) is 11.9 Å². The van der Waals surface area contributed by atoms with E-state index in [2.05, 4.69) is 24.5 Å². The van der Waals surface area contributed by atoms with E-state index < -0.39 is 0 Å². The molecule has 4 nitrogen and oxygen atoms in total. The van der Waals surface area contributed by atoms with Gasteiger partial charge in [-0.1, -0.05) is 13.8 Å². The summed E-state index contributed by atoms with van der Waals surface area (Å²) in [6.45, 7) is 9.00. The minimum absolute atomic E-state index is 0.00495. The first kappa shape index (κ1) is 14.0. The van der Waals surface area contributed by atoms with Gasteiger partial charge in [-0.25, -0.2) is 4.79 Å². The quantitative estimate of drug-likeness (QED) is 0.704. The van der Waals surface area contributed by atoms with Crippen molar-refractivity contribution in [1.82, 2.24) is 10.2 Å². The van der Waals surface area contributed by atoms with Gasteiger partial charge in [0.1, 0.15) is 6.20 Å². The van der Waals surface area contributed by atoms with Crippen molar-refractivity contribution in [3.8, 4) is 0 Å². The maximum Gasteiger partial charge on any atom is 0.321 e. The van der Waals surface area contributed by atoms with Crippen LogP contribution in [0.25, 0.3) is 0 Å². The van der Waals surface area contributed by atoms with Gasteiger partial charge in [-0.3, -0.25) is 4.90 Å². The Hall–Kier alpha value is -1.03. The lowest BCUT2D eigenvalue weighted by molar-refractivity contribution is -0.620. The second-order valence-corrected chi connectivity index (χ2v) is 3.64. The Kier molecular flexibility index (Phi) is 6.79. The Morgan fingerprint density at radius 1 is 1.47 bits per heavy atom. The molecule has 1 heterocycles. The molecule has 0 aromatic heterocycles. The number of rotatable bonds is 2. The Labute approximate surface area is 92.7 Å². The highest BCUT2D eigenvalue weighted by atomic mass is 16.2. The lowest BCUT2D eigenvalue weighted by Crippen LogP contribution is -2.83. The standard InChI is InChI=1S/C9H17N3O.C2H6/c1-7(2)11-6-8-4-5-10-9(13)12(8)3;1-2/h6-7,11H,4-5H2,1-3H3,(H,10,13);1-2H3/p+1/b8-6-;. The van der Waals surface area contributed by atoms with E-state index in [1.165, 1.54) is 0 Å². The summed E-state index contributed by atoms with van der Waals surface area (Å²) in [6, 6.07) is 0.528. The molecule has 1 fully saturated rings. The minimum atomic E-state index is -0.00495. The van der Waals surface area contributed by atoms with Crippen molar-refractivity contribution >= 4 is 6.03 Å². The molecule has 1 rings (SSSR count). The summed E-state index contributed by atoms with van der Waals surface area (Å²) in [7, 11) is 1.80. The van der Waals surface area contributed by atoms with Crippen LogP contribution in [0, 0.1) is 0 Å². The number of hydrogen-bond acceptors (Lipinski definition) is 1. The molecule has 15 heavy (non-hydrogen) atoms. The average molecular weight is 214 g/mol. The normalized spacial score (nSPS) is 18.7. The van der Waals surface area contributed by atoms with E-state index in [9.17, 15) is 4.79 Å². The van der Waals surface area contributed by atoms with Gasteiger partial charge in [0.15, 0.2) is 0 Å². The third-order valence-corrected chi connectivity index (χ3v) is 2.07. The summed E-state index contributed by atoms with van der Waals surface area (Å²) in [5.74, 6) is 0. The second kappa shape index (κ2) is 7.29. The Balaban J connectivity index is 0.000000921. The van der Waals surface area contributed by atoms with Gasteiger partial charge in [0.25, 0.3) is 0 Å². The summed E-state index contributed by atoms with van der Waals surface area (Å²) >= 11 is 0. The molecule has 2 amide bonds. The van der Waals surface area contributed by atoms with Crippen molar-refractivity contribution in [2.24, 2.45) is 0 Å². The zero-order valence-corrected chi connectivity index (χ0v) is 10.5. The predicted molar refractivity (Wildman–Crippen MR) is 62.3 cm³/mol. The number of amides is 2. The van der Waals surface area contributed by atoms with E-state index in [1.807, 2.05) is 20.0 Å². The lowest BCUT2D eigenvalue weighted by atomic mass is 10.2. The molecule has 0 bridgehead atoms. The van der Waals surface area contributed by atoms with Gasteiger partial charge in [0, 0.05) is 20.0 Å². The van der Waals surface area contributed by atoms with Crippen LogP contribution >= 0.6 is 0 Å². The number of carbonyl (C=O) groups excluding carboxylic acids is 1. The SMILES string of the molecule is CC.CC(C)[NH2+]/C=C1/CCNC(=O)N1C. The number of nitrogens with zero attached hydrogens (tertiary/aromatic N) is 1. The second-order valence-electron chi connectivity index (χ2n) is 3.64. The van der Waals surface area contributed by atoms with Gasteiger partial charge < -0.3 is 10.6 Å². The molecular formula is C11H24N3O+. The summed E-state index contributed by atoms with van der Waals surface area (Å²) in [5, 5.41) is 4.90. The van der Waals surface area contributed by atoms with Crippen molar-refractivity contribution in [1.29, 1.82) is 0 Å². The van der Waals surface area contributed by atoms with Crippen LogP contribution in [0.4, 0.5) is 4.79 Å². The van der Waals surface area contributed by atoms with Crippen molar-refractivity contribution in [3.63, 3.8) is 0 Å². The van der Waals surface area contributed by atoms with Gasteiger partial charge in [-0.15, -0.1) is 0 Å². The van der Waals surface area contributed by atoms with Gasteiger partial charge in [0.05, 0.1) is 11.7 Å². The van der Waals surface area contributed by atoms with E-state index in [0.29, 0.717) is 6.04 Å². The Morgan fingerprint density at radius 2 is 2.07 bits per heavy atom. The molecule has 0 atom stereocenters. The van der Waals surface area contributed by atoms with Crippen LogP contribution in [0.1, 0.15) is 34.1 Å². The zero-order valence-electron chi connectivity index (χ0n) is 10.5. The predicted octanol–water partition coefficient (Wildman–Crippen LogP) is 0.871. The molecule has 4 heteroatoms. The fourth-order valence-corrected chi connectivity index (χ4v) is 1.21. The van der Waals surface area contributed by atoms with E-state index in [4.69, 9.17) is 0 Å². The average Bonchev–Trinajstić information content (AvgIpc) is 2.23. The van der Waals surface area contributed by atoms with Gasteiger partial charge in [-0.05, 0) is 13.8 Å². The number of nitrogens with two attached hydrogens (primary N) is 1. The van der Waals surface area contributed by atoms with Crippen LogP contribution in [0.2, 0.25) is 0 Å². The van der Waals surface area contributed by atoms with E-state index in [-0.39, 0.29) is 6.03 Å². The first-order valence-corrected chi connectivity index (χ1v) is 5.67. The van der Waals surface area contributed by atoms with Gasteiger partial charge in [0.2, 0.25) is 0 Å². The fourth-order valence-electron chi connectivity index (χ4n) is 1.21. The third kappa shape index (κ3) is 4.83. The minimum Gasteiger partial charge on any atom is -0.337 e. The van der Waals surface area contributed by atoms with Crippen molar-refractivity contribution in [2.75, 3.05) is 13.6 Å². The number of carbonyl (C=O) groups is 1. The molecule has 0 spiro atoms. The molecule has 0 unspecified atom stereocenters. The molecule has 1 saturated heterocycles. The lowest BCUT2D eigenvalue weighted by Gasteiger charge is -2.25. The van der Waals surface area contributed by atoms with E-state index in [0.717, 1.165) is 18.7 Å². The summed E-state index contributed by atoms with van der Waals surface area (Å²) in [4.78, 5) is 12.9. The molecule has 0 aromatic carbocycles. The largest absolute Gasteiger partial charge is 0.337 e. The van der Waals surface area contributed by atoms with Crippen LogP contribution < -0.4 is 10.6 Å². The molecule has 1 aliphatic rings. The smallest absolute Gasteiger partial charge is 0.321 e. The molecule has 0 aliphatic carbocycles. The summed E-state index contributed by atoms with van der Waals surface area (Å²) in [6.07, 6.45) is 2.97. The maximum absolute atomic E-state index is 11.2. The fraction of sp³-hybridized carbons (Fsp3) is 0.727. The van der Waals surface area contributed by atoms with Crippen molar-refractivity contribution in [2.45, 2.75) is 40.2 Å². The number of hydrogen-bond donors (Lipinski definition) is 2. The molecule has 0 saturated carbocycles. The molecule has 88 valence electrons. The maximum atomic E-state index is 11.2. The third-order valence-electron chi connectivity index (χ3n) is 2.07. The topological polar surface area (TPSA) is 49.0 Å². The molecular weight excluding hydrogens is 190 g/mol. The van der Waals surface area contributed by atoms with Crippen LogP contribution in [0.15, 0.2) is 11.9 Å². The monoisotopic (exact) mass is 214 g/mol. The van der Waals surface area contributed by atoms with Crippen molar-refractivity contribution in [3.05, 3.63) is 11.9 Å². The molecule has 1 aliphatic heterocycles. The summed E-state index contributed by atoms with van der Waals surface area (Å²) < 4.78 is 0. The molecule has 0 aromatic rings. The number of urea groups is 1. The van der Waals surface area contributed by atoms with Crippen LogP contribution in [-0.4, -0.2) is 30.6 Å². The highest BCUT2D eigenvalue weighted by Gasteiger charge is 2.19. The van der Waals surface area contributed by atoms with Crippen LogP contribution in [0.5, 0.6) is 0 Å². The molecule has 3 N–H and O–H groups in total. The van der Waals surface area contributed by atoms with Gasteiger partial charge in [-0.2, -0.15) is 0 Å². The van der Waals surface area contributed by atoms with Crippen molar-refractivity contribution < 1.29 is 10.1 Å². The zero-order chi connectivity index (χ0) is 11.8. The highest BCUT2D eigenvalue weighted by molar-refractivity contribution is 5.76. The van der Waals surface area contributed by atoms with E-state index >= 15 is 0 Å². The first-order valence-electron chi connectivity index (χ1n) is 5.67. The number of nitrogens with one attached hydrogen (secondary N) is 1. The molecule has 0 radical (unpaired) electrons. The van der Waals surface area contributed by atoms with Gasteiger partial charge >= 0.3 is 6.03 Å². The number of quaternary nitrogens is 1.